The molecule has 0 heterocycles. The van der Waals surface area contributed by atoms with Crippen molar-refractivity contribution in [2.24, 2.45) is 11.7 Å². The minimum absolute atomic E-state index is 0.0492. The maximum absolute atomic E-state index is 10.5. The summed E-state index contributed by atoms with van der Waals surface area (Å²) in [5.74, 6) is -1.72. The number of hydrogen-bond acceptors (Lipinski definition) is 3. The number of hydrogen-bond donors (Lipinski definition) is 3. The van der Waals surface area contributed by atoms with E-state index in [1.807, 2.05) is 0 Å². The molecule has 0 spiro atoms. The van der Waals surface area contributed by atoms with E-state index >= 15 is 0 Å². The molecular weight excluding hydrogens is 136 g/mol. The first-order valence-corrected chi connectivity index (χ1v) is 2.80. The van der Waals surface area contributed by atoms with Crippen LogP contribution in [0.3, 0.4) is 0 Å². The maximum atomic E-state index is 10.5. The van der Waals surface area contributed by atoms with Crippen molar-refractivity contribution in [1.82, 2.24) is 5.48 Å². The minimum atomic E-state index is -0.598. The Hall–Kier alpha value is -1.10. The van der Waals surface area contributed by atoms with Gasteiger partial charge in [-0.2, -0.15) is 0 Å². The van der Waals surface area contributed by atoms with Crippen molar-refractivity contribution in [1.29, 1.82) is 0 Å². The Morgan fingerprint density at radius 1 is 1.70 bits per heavy atom. The van der Waals surface area contributed by atoms with Crippen LogP contribution in [0.1, 0.15) is 13.3 Å². The molecule has 2 amide bonds. The van der Waals surface area contributed by atoms with Gasteiger partial charge in [0.05, 0.1) is 0 Å². The lowest BCUT2D eigenvalue weighted by molar-refractivity contribution is -0.135. The quantitative estimate of drug-likeness (QED) is 0.352. The molecule has 0 aliphatic carbocycles. The standard InChI is InChI=1S/C5H10N2O3/c1-3(2-4(6)8)5(9)7-10/h3,10H,2H2,1H3,(H2,6,8)(H,7,9). The van der Waals surface area contributed by atoms with Crippen molar-refractivity contribution in [2.45, 2.75) is 13.3 Å². The molecule has 0 aromatic carbocycles. The van der Waals surface area contributed by atoms with Gasteiger partial charge in [0.1, 0.15) is 0 Å². The van der Waals surface area contributed by atoms with Crippen LogP contribution in [0.25, 0.3) is 0 Å². The first-order valence-electron chi connectivity index (χ1n) is 2.80. The van der Waals surface area contributed by atoms with Crippen LogP contribution >= 0.6 is 0 Å². The Morgan fingerprint density at radius 3 is 2.50 bits per heavy atom. The van der Waals surface area contributed by atoms with E-state index in [2.05, 4.69) is 0 Å². The fraction of sp³-hybridized carbons (Fsp3) is 0.600. The van der Waals surface area contributed by atoms with E-state index in [1.165, 1.54) is 12.4 Å². The number of amides is 2. The summed E-state index contributed by atoms with van der Waals surface area (Å²) >= 11 is 0. The third-order valence-electron chi connectivity index (χ3n) is 1.07. The monoisotopic (exact) mass is 146 g/mol. The lowest BCUT2D eigenvalue weighted by atomic mass is 10.1. The highest BCUT2D eigenvalue weighted by Gasteiger charge is 2.13. The summed E-state index contributed by atoms with van der Waals surface area (Å²) in [6.07, 6.45) is -0.0492. The Balaban J connectivity index is 3.72. The zero-order valence-electron chi connectivity index (χ0n) is 5.63. The molecule has 4 N–H and O–H groups in total. The third kappa shape index (κ3) is 3.03. The number of hydroxylamine groups is 1. The third-order valence-corrected chi connectivity index (χ3v) is 1.07. The summed E-state index contributed by atoms with van der Waals surface area (Å²) in [4.78, 5) is 20.7. The van der Waals surface area contributed by atoms with Gasteiger partial charge in [0, 0.05) is 12.3 Å². The van der Waals surface area contributed by atoms with Crippen molar-refractivity contribution in [2.75, 3.05) is 0 Å². The summed E-state index contributed by atoms with van der Waals surface area (Å²) in [6, 6.07) is 0. The highest BCUT2D eigenvalue weighted by molar-refractivity contribution is 5.83. The van der Waals surface area contributed by atoms with E-state index < -0.39 is 17.7 Å². The first kappa shape index (κ1) is 8.90. The molecule has 0 fully saturated rings. The second-order valence-corrected chi connectivity index (χ2v) is 2.05. The van der Waals surface area contributed by atoms with Crippen molar-refractivity contribution in [3.05, 3.63) is 0 Å². The average molecular weight is 146 g/mol. The zero-order chi connectivity index (χ0) is 8.15. The Bertz CT molecular complexity index is 146. The Labute approximate surface area is 58.2 Å². The van der Waals surface area contributed by atoms with Crippen molar-refractivity contribution in [3.8, 4) is 0 Å². The number of carbonyl (C=O) groups excluding carboxylic acids is 2. The normalized spacial score (nSPS) is 12.2. The van der Waals surface area contributed by atoms with E-state index in [9.17, 15) is 9.59 Å². The molecule has 0 saturated heterocycles. The summed E-state index contributed by atoms with van der Waals surface area (Å²) in [5.41, 5.74) is 6.21. The largest absolute Gasteiger partial charge is 0.370 e. The maximum Gasteiger partial charge on any atom is 0.246 e. The van der Waals surface area contributed by atoms with Crippen molar-refractivity contribution in [3.63, 3.8) is 0 Å². The SMILES string of the molecule is CC(CC(N)=O)C(=O)NO. The smallest absolute Gasteiger partial charge is 0.246 e. The summed E-state index contributed by atoms with van der Waals surface area (Å²) < 4.78 is 0. The second-order valence-electron chi connectivity index (χ2n) is 2.05. The van der Waals surface area contributed by atoms with Crippen LogP contribution in [0.15, 0.2) is 0 Å². The highest BCUT2D eigenvalue weighted by Crippen LogP contribution is 1.98. The number of primary amides is 1. The molecule has 58 valence electrons. The van der Waals surface area contributed by atoms with Gasteiger partial charge in [-0.25, -0.2) is 5.48 Å². The first-order chi connectivity index (χ1) is 4.57. The van der Waals surface area contributed by atoms with Crippen LogP contribution in [-0.2, 0) is 9.59 Å². The molecule has 10 heavy (non-hydrogen) atoms. The fourth-order valence-corrected chi connectivity index (χ4v) is 0.505. The van der Waals surface area contributed by atoms with Crippen molar-refractivity contribution < 1.29 is 14.8 Å². The molecule has 0 saturated carbocycles. The van der Waals surface area contributed by atoms with Crippen LogP contribution in [0.5, 0.6) is 0 Å². The molecule has 0 aromatic rings. The van der Waals surface area contributed by atoms with Gasteiger partial charge in [-0.15, -0.1) is 0 Å². The molecule has 0 bridgehead atoms. The molecule has 0 aromatic heterocycles. The summed E-state index contributed by atoms with van der Waals surface area (Å²) in [5, 5.41) is 8.07. The molecule has 0 aliphatic rings. The van der Waals surface area contributed by atoms with E-state index in [4.69, 9.17) is 10.9 Å². The van der Waals surface area contributed by atoms with Crippen LogP contribution in [-0.4, -0.2) is 17.0 Å². The van der Waals surface area contributed by atoms with Gasteiger partial charge in [0.2, 0.25) is 11.8 Å². The van der Waals surface area contributed by atoms with Gasteiger partial charge >= 0.3 is 0 Å². The van der Waals surface area contributed by atoms with Crippen LogP contribution < -0.4 is 11.2 Å². The molecule has 0 radical (unpaired) electrons. The van der Waals surface area contributed by atoms with Gasteiger partial charge < -0.3 is 5.73 Å². The highest BCUT2D eigenvalue weighted by atomic mass is 16.5. The zero-order valence-corrected chi connectivity index (χ0v) is 5.63. The molecule has 0 aliphatic heterocycles. The summed E-state index contributed by atoms with van der Waals surface area (Å²) in [7, 11) is 0. The Morgan fingerprint density at radius 2 is 2.20 bits per heavy atom. The van der Waals surface area contributed by atoms with Gasteiger partial charge in [0.15, 0.2) is 0 Å². The molecule has 0 rings (SSSR count). The Kier molecular flexibility index (Phi) is 3.42. The predicted octanol–water partition coefficient (Wildman–Crippen LogP) is -0.997. The van der Waals surface area contributed by atoms with Gasteiger partial charge in [-0.1, -0.05) is 6.92 Å². The lowest BCUT2D eigenvalue weighted by Gasteiger charge is -2.04. The van der Waals surface area contributed by atoms with Crippen LogP contribution in [0.4, 0.5) is 0 Å². The van der Waals surface area contributed by atoms with Crippen LogP contribution in [0, 0.1) is 5.92 Å². The predicted molar refractivity (Wildman–Crippen MR) is 32.9 cm³/mol. The minimum Gasteiger partial charge on any atom is -0.370 e. The molecule has 1 unspecified atom stereocenters. The molecule has 1 atom stereocenters. The second kappa shape index (κ2) is 3.84. The topological polar surface area (TPSA) is 92.4 Å². The van der Waals surface area contributed by atoms with E-state index in [0.29, 0.717) is 0 Å². The van der Waals surface area contributed by atoms with E-state index in [-0.39, 0.29) is 6.42 Å². The van der Waals surface area contributed by atoms with Crippen LogP contribution in [0.2, 0.25) is 0 Å². The van der Waals surface area contributed by atoms with Gasteiger partial charge in [-0.05, 0) is 0 Å². The number of nitrogens with one attached hydrogen (secondary N) is 1. The average Bonchev–Trinajstić information content (AvgIpc) is 1.85. The summed E-state index contributed by atoms with van der Waals surface area (Å²) in [6.45, 7) is 1.50. The van der Waals surface area contributed by atoms with Gasteiger partial charge in [-0.3, -0.25) is 14.8 Å². The molecule has 5 heteroatoms. The van der Waals surface area contributed by atoms with Gasteiger partial charge in [0.25, 0.3) is 0 Å². The van der Waals surface area contributed by atoms with E-state index in [0.717, 1.165) is 0 Å². The number of rotatable bonds is 3. The fourth-order valence-electron chi connectivity index (χ4n) is 0.505. The van der Waals surface area contributed by atoms with Crippen molar-refractivity contribution >= 4 is 11.8 Å². The van der Waals surface area contributed by atoms with E-state index in [1.54, 1.807) is 0 Å². The number of carbonyl (C=O) groups is 2. The lowest BCUT2D eigenvalue weighted by Crippen LogP contribution is -2.29. The number of nitrogens with two attached hydrogens (primary N) is 1. The molecule has 5 nitrogen and oxygen atoms in total. The molecular formula is C5H10N2O3.